The van der Waals surface area contributed by atoms with Crippen molar-refractivity contribution < 1.29 is 24.3 Å². The van der Waals surface area contributed by atoms with Gasteiger partial charge in [-0.1, -0.05) is 49.7 Å². The van der Waals surface area contributed by atoms with Gasteiger partial charge in [0.15, 0.2) is 0 Å². The molecule has 1 fully saturated rings. The van der Waals surface area contributed by atoms with E-state index in [0.29, 0.717) is 12.8 Å². The van der Waals surface area contributed by atoms with Crippen molar-refractivity contribution in [1.82, 2.24) is 5.32 Å². The van der Waals surface area contributed by atoms with E-state index in [2.05, 4.69) is 10.6 Å². The van der Waals surface area contributed by atoms with E-state index in [4.69, 9.17) is 5.11 Å². The average molecular weight is 467 g/mol. The Hall–Kier alpha value is -3.48. The molecule has 0 saturated heterocycles. The molecule has 0 bridgehead atoms. The van der Waals surface area contributed by atoms with Gasteiger partial charge in [-0.25, -0.2) is 0 Å². The topological polar surface area (TPSA) is 113 Å². The Labute approximate surface area is 201 Å². The summed E-state index contributed by atoms with van der Waals surface area (Å²) >= 11 is 0. The molecule has 3 rings (SSSR count). The van der Waals surface area contributed by atoms with Gasteiger partial charge in [0.1, 0.15) is 12.8 Å². The van der Waals surface area contributed by atoms with Crippen molar-refractivity contribution in [2.24, 2.45) is 17.3 Å². The minimum Gasteiger partial charge on any atom is -0.480 e. The van der Waals surface area contributed by atoms with Gasteiger partial charge in [0, 0.05) is 23.1 Å². The van der Waals surface area contributed by atoms with Crippen LogP contribution >= 0.6 is 0 Å². The number of rotatable bonds is 6. The van der Waals surface area contributed by atoms with Crippen LogP contribution in [-0.4, -0.2) is 35.7 Å². The Morgan fingerprint density at radius 2 is 1.59 bits per heavy atom. The van der Waals surface area contributed by atoms with Crippen molar-refractivity contribution in [1.29, 1.82) is 0 Å². The maximum absolute atomic E-state index is 12.2. The number of aldehydes is 1. The van der Waals surface area contributed by atoms with Gasteiger partial charge in [0.2, 0.25) is 5.91 Å². The molecular weight excluding hydrogens is 432 g/mol. The number of anilines is 1. The summed E-state index contributed by atoms with van der Waals surface area (Å²) in [5.41, 5.74) is 4.38. The minimum absolute atomic E-state index is 0.0468. The predicted octanol–water partition coefficient (Wildman–Crippen LogP) is 4.30. The normalized spacial score (nSPS) is 18.3. The van der Waals surface area contributed by atoms with Gasteiger partial charge >= 0.3 is 5.97 Å². The summed E-state index contributed by atoms with van der Waals surface area (Å²) in [4.78, 5) is 45.1. The quantitative estimate of drug-likeness (QED) is 0.550. The van der Waals surface area contributed by atoms with Gasteiger partial charge in [0.05, 0.1) is 0 Å². The number of amides is 2. The van der Waals surface area contributed by atoms with Crippen LogP contribution in [0.25, 0.3) is 0 Å². The van der Waals surface area contributed by atoms with E-state index in [1.807, 2.05) is 77.1 Å². The molecule has 0 heterocycles. The average Bonchev–Trinajstić information content (AvgIpc) is 3.07. The summed E-state index contributed by atoms with van der Waals surface area (Å²) in [5.74, 6) is -1.77. The van der Waals surface area contributed by atoms with Gasteiger partial charge in [-0.2, -0.15) is 0 Å². The summed E-state index contributed by atoms with van der Waals surface area (Å²) in [5, 5.41) is 13.8. The lowest BCUT2D eigenvalue weighted by atomic mass is 9.75. The van der Waals surface area contributed by atoms with Crippen LogP contribution in [0.2, 0.25) is 0 Å². The molecule has 2 aromatic carbocycles. The second-order valence-electron chi connectivity index (χ2n) is 9.39. The van der Waals surface area contributed by atoms with Crippen LogP contribution in [0.4, 0.5) is 5.69 Å². The fourth-order valence-electron chi connectivity index (χ4n) is 4.35. The standard InChI is InChI=1S/C16H17NO.C11H17NO4/c1-11-7-9-14(10-8-11)17-16(18)15-12(2)5-4-6-13(15)3;1-11(2)7(6-13)3-4-8(11)10(16)12-5-9(14)15/h4-10H,1-3H3,(H,17,18);6-8H,3-5H2,1-2H3,(H,12,16)(H,14,15)/t;7?,8-/m.1/s1. The van der Waals surface area contributed by atoms with Gasteiger partial charge in [-0.05, 0) is 62.3 Å². The van der Waals surface area contributed by atoms with Crippen molar-refractivity contribution >= 4 is 29.8 Å². The number of aryl methyl sites for hydroxylation is 3. The highest BCUT2D eigenvalue weighted by atomic mass is 16.4. The fraction of sp³-hybridized carbons (Fsp3) is 0.407. The Bertz CT molecular complexity index is 1020. The monoisotopic (exact) mass is 466 g/mol. The number of nitrogens with one attached hydrogen (secondary N) is 2. The van der Waals surface area contributed by atoms with Crippen LogP contribution in [0.15, 0.2) is 42.5 Å². The van der Waals surface area contributed by atoms with Gasteiger partial charge < -0.3 is 20.5 Å². The summed E-state index contributed by atoms with van der Waals surface area (Å²) in [6, 6.07) is 13.7. The highest BCUT2D eigenvalue weighted by molar-refractivity contribution is 6.06. The number of carboxylic acid groups (broad SMARTS) is 1. The summed E-state index contributed by atoms with van der Waals surface area (Å²) < 4.78 is 0. The Morgan fingerprint density at radius 3 is 2.09 bits per heavy atom. The Kier molecular flexibility index (Phi) is 9.12. The predicted molar refractivity (Wildman–Crippen MR) is 132 cm³/mol. The lowest BCUT2D eigenvalue weighted by Crippen LogP contribution is -2.40. The molecule has 0 spiro atoms. The molecule has 0 radical (unpaired) electrons. The van der Waals surface area contributed by atoms with E-state index < -0.39 is 5.97 Å². The van der Waals surface area contributed by atoms with Gasteiger partial charge in [-0.3, -0.25) is 14.4 Å². The number of hydrogen-bond donors (Lipinski definition) is 3. The first-order valence-electron chi connectivity index (χ1n) is 11.4. The van der Waals surface area contributed by atoms with Crippen LogP contribution in [0.5, 0.6) is 0 Å². The van der Waals surface area contributed by atoms with Crippen LogP contribution in [-0.2, 0) is 14.4 Å². The Morgan fingerprint density at radius 1 is 1.00 bits per heavy atom. The molecule has 3 N–H and O–H groups in total. The molecule has 0 aliphatic heterocycles. The zero-order valence-electron chi connectivity index (χ0n) is 20.5. The van der Waals surface area contributed by atoms with E-state index >= 15 is 0 Å². The molecule has 2 amide bonds. The van der Waals surface area contributed by atoms with E-state index in [1.165, 1.54) is 5.56 Å². The van der Waals surface area contributed by atoms with Crippen molar-refractivity contribution in [2.75, 3.05) is 11.9 Å². The molecule has 34 heavy (non-hydrogen) atoms. The smallest absolute Gasteiger partial charge is 0.322 e. The molecule has 1 aliphatic rings. The minimum atomic E-state index is -1.06. The lowest BCUT2D eigenvalue weighted by molar-refractivity contribution is -0.139. The Balaban J connectivity index is 0.000000242. The molecule has 1 unspecified atom stereocenters. The molecule has 1 aliphatic carbocycles. The molecule has 7 heteroatoms. The third kappa shape index (κ3) is 6.76. The van der Waals surface area contributed by atoms with Gasteiger partial charge in [-0.15, -0.1) is 0 Å². The van der Waals surface area contributed by atoms with E-state index in [1.54, 1.807) is 0 Å². The molecular formula is C27H34N2O5. The zero-order valence-corrected chi connectivity index (χ0v) is 20.5. The highest BCUT2D eigenvalue weighted by Crippen LogP contribution is 2.46. The first-order valence-corrected chi connectivity index (χ1v) is 11.4. The van der Waals surface area contributed by atoms with Crippen molar-refractivity contribution in [2.45, 2.75) is 47.5 Å². The maximum Gasteiger partial charge on any atom is 0.322 e. The second-order valence-corrected chi connectivity index (χ2v) is 9.39. The van der Waals surface area contributed by atoms with E-state index in [-0.39, 0.29) is 35.6 Å². The summed E-state index contributed by atoms with van der Waals surface area (Å²) in [7, 11) is 0. The van der Waals surface area contributed by atoms with Crippen LogP contribution in [0.3, 0.4) is 0 Å². The van der Waals surface area contributed by atoms with Crippen molar-refractivity contribution in [3.63, 3.8) is 0 Å². The largest absolute Gasteiger partial charge is 0.480 e. The third-order valence-corrected chi connectivity index (χ3v) is 6.53. The van der Waals surface area contributed by atoms with Crippen LogP contribution < -0.4 is 10.6 Å². The van der Waals surface area contributed by atoms with Crippen molar-refractivity contribution in [3.05, 3.63) is 64.7 Å². The summed E-state index contributed by atoms with van der Waals surface area (Å²) in [6.45, 7) is 9.33. The number of carbonyl (C=O) groups excluding carboxylic acids is 3. The molecule has 0 aromatic heterocycles. The molecule has 182 valence electrons. The third-order valence-electron chi connectivity index (χ3n) is 6.53. The first-order chi connectivity index (χ1) is 16.0. The molecule has 2 aromatic rings. The number of aliphatic carboxylic acids is 1. The highest BCUT2D eigenvalue weighted by Gasteiger charge is 2.46. The van der Waals surface area contributed by atoms with Gasteiger partial charge in [0.25, 0.3) is 5.91 Å². The van der Waals surface area contributed by atoms with E-state index in [9.17, 15) is 19.2 Å². The van der Waals surface area contributed by atoms with Crippen LogP contribution in [0, 0.1) is 38.0 Å². The number of hydrogen-bond acceptors (Lipinski definition) is 4. The number of benzene rings is 2. The lowest BCUT2D eigenvalue weighted by Gasteiger charge is -2.29. The number of carbonyl (C=O) groups is 4. The summed E-state index contributed by atoms with van der Waals surface area (Å²) in [6.07, 6.45) is 2.23. The SMILES string of the molecule is CC1(C)C(C=O)CC[C@@H]1C(=O)NCC(=O)O.Cc1ccc(NC(=O)c2c(C)cccc2C)cc1. The first kappa shape index (κ1) is 26.8. The number of carboxylic acids is 1. The molecule has 2 atom stereocenters. The zero-order chi connectivity index (χ0) is 25.5. The molecule has 7 nitrogen and oxygen atoms in total. The van der Waals surface area contributed by atoms with Crippen LogP contribution in [0.1, 0.15) is 53.7 Å². The fourth-order valence-corrected chi connectivity index (χ4v) is 4.35. The second kappa shape index (κ2) is 11.6. The van der Waals surface area contributed by atoms with E-state index in [0.717, 1.165) is 28.7 Å². The molecule has 1 saturated carbocycles. The maximum atomic E-state index is 12.2. The van der Waals surface area contributed by atoms with Crippen molar-refractivity contribution in [3.8, 4) is 0 Å².